The van der Waals surface area contributed by atoms with E-state index in [-0.39, 0.29) is 24.4 Å². The van der Waals surface area contributed by atoms with Crippen molar-refractivity contribution in [3.8, 4) is 5.75 Å². The van der Waals surface area contributed by atoms with Gasteiger partial charge in [0.05, 0.1) is 23.5 Å². The fourth-order valence-electron chi connectivity index (χ4n) is 3.24. The molecule has 1 aliphatic carbocycles. The maximum Gasteiger partial charge on any atom is 0.241 e. The van der Waals surface area contributed by atoms with Crippen molar-refractivity contribution in [1.29, 1.82) is 0 Å². The van der Waals surface area contributed by atoms with Crippen LogP contribution in [0.2, 0.25) is 10.0 Å². The summed E-state index contributed by atoms with van der Waals surface area (Å²) in [5.41, 5.74) is 0.560. The Kier molecular flexibility index (Phi) is 7.77. The molecule has 0 unspecified atom stereocenters. The number of hydrogen-bond donors (Lipinski definition) is 2. The van der Waals surface area contributed by atoms with Gasteiger partial charge in [0.25, 0.3) is 0 Å². The van der Waals surface area contributed by atoms with Gasteiger partial charge in [-0.3, -0.25) is 14.3 Å². The number of carbonyl (C=O) groups excluding carboxylic acids is 2. The normalized spacial score (nSPS) is 14.0. The van der Waals surface area contributed by atoms with Gasteiger partial charge >= 0.3 is 0 Å². The highest BCUT2D eigenvalue weighted by atomic mass is 35.5. The molecule has 1 aliphatic rings. The van der Waals surface area contributed by atoms with Crippen LogP contribution in [0.1, 0.15) is 38.5 Å². The lowest BCUT2D eigenvalue weighted by molar-refractivity contribution is -0.122. The van der Waals surface area contributed by atoms with Crippen LogP contribution >= 0.6 is 23.2 Å². The molecular formula is C20H24Cl2N4O3. The number of anilines is 1. The van der Waals surface area contributed by atoms with Gasteiger partial charge in [0.2, 0.25) is 11.8 Å². The highest BCUT2D eigenvalue weighted by Crippen LogP contribution is 2.27. The van der Waals surface area contributed by atoms with Crippen LogP contribution in [0.25, 0.3) is 0 Å². The number of ether oxygens (including phenoxy) is 1. The Bertz CT molecular complexity index is 850. The van der Waals surface area contributed by atoms with Crippen molar-refractivity contribution >= 4 is 40.7 Å². The van der Waals surface area contributed by atoms with Gasteiger partial charge < -0.3 is 15.4 Å². The van der Waals surface area contributed by atoms with E-state index >= 15 is 0 Å². The van der Waals surface area contributed by atoms with Gasteiger partial charge in [-0.15, -0.1) is 0 Å². The topological polar surface area (TPSA) is 85.2 Å². The first-order chi connectivity index (χ1) is 14.0. The predicted octanol–water partition coefficient (Wildman–Crippen LogP) is 4.05. The number of carbonyl (C=O) groups is 2. The zero-order valence-corrected chi connectivity index (χ0v) is 17.5. The second kappa shape index (κ2) is 10.5. The lowest BCUT2D eigenvalue weighted by Crippen LogP contribution is -2.35. The first-order valence-corrected chi connectivity index (χ1v) is 10.4. The Morgan fingerprint density at radius 2 is 2.00 bits per heavy atom. The molecule has 3 rings (SSSR count). The minimum Gasteiger partial charge on any atom is -0.492 e. The molecule has 1 fully saturated rings. The van der Waals surface area contributed by atoms with E-state index in [2.05, 4.69) is 15.7 Å². The molecule has 9 heteroatoms. The Balaban J connectivity index is 1.35. The SMILES string of the molecule is O=C(CCCOc1ccc(Cl)cc1Cl)Nc1cnn(CC(=O)NC2CCCC2)c1. The maximum absolute atomic E-state index is 12.1. The van der Waals surface area contributed by atoms with Crippen molar-refractivity contribution in [2.75, 3.05) is 11.9 Å². The molecule has 0 bridgehead atoms. The molecule has 1 aromatic carbocycles. The number of benzene rings is 1. The van der Waals surface area contributed by atoms with Gasteiger partial charge in [-0.25, -0.2) is 0 Å². The number of nitrogens with zero attached hydrogens (tertiary/aromatic N) is 2. The third-order valence-electron chi connectivity index (χ3n) is 4.64. The standard InChI is InChI=1S/C20H24Cl2N4O3/c21-14-7-8-18(17(22)10-14)29-9-3-6-19(27)25-16-11-23-26(12-16)13-20(28)24-15-4-1-2-5-15/h7-8,10-12,15H,1-6,9,13H2,(H,24,28)(H,25,27). The summed E-state index contributed by atoms with van der Waals surface area (Å²) >= 11 is 11.9. The summed E-state index contributed by atoms with van der Waals surface area (Å²) in [5.74, 6) is 0.329. The number of halogens is 2. The summed E-state index contributed by atoms with van der Waals surface area (Å²) < 4.78 is 7.08. The Morgan fingerprint density at radius 1 is 1.21 bits per heavy atom. The number of hydrogen-bond acceptors (Lipinski definition) is 4. The molecule has 1 aromatic heterocycles. The lowest BCUT2D eigenvalue weighted by atomic mass is 10.2. The summed E-state index contributed by atoms with van der Waals surface area (Å²) in [6.45, 7) is 0.497. The summed E-state index contributed by atoms with van der Waals surface area (Å²) in [7, 11) is 0. The first kappa shape index (κ1) is 21.5. The molecule has 0 atom stereocenters. The van der Waals surface area contributed by atoms with Crippen molar-refractivity contribution in [2.24, 2.45) is 0 Å². The van der Waals surface area contributed by atoms with Crippen LogP contribution in [0.3, 0.4) is 0 Å². The van der Waals surface area contributed by atoms with Gasteiger partial charge in [0.1, 0.15) is 12.3 Å². The molecule has 0 radical (unpaired) electrons. The molecule has 2 aromatic rings. The quantitative estimate of drug-likeness (QED) is 0.578. The molecule has 2 N–H and O–H groups in total. The van der Waals surface area contributed by atoms with Gasteiger partial charge in [-0.1, -0.05) is 36.0 Å². The van der Waals surface area contributed by atoms with E-state index in [1.54, 1.807) is 24.4 Å². The molecule has 0 spiro atoms. The average molecular weight is 439 g/mol. The fraction of sp³-hybridized carbons (Fsp3) is 0.450. The Labute approximate surface area is 179 Å². The smallest absolute Gasteiger partial charge is 0.241 e. The summed E-state index contributed by atoms with van der Waals surface area (Å²) in [6.07, 6.45) is 8.42. The zero-order chi connectivity index (χ0) is 20.6. The average Bonchev–Trinajstić information content (AvgIpc) is 3.32. The van der Waals surface area contributed by atoms with E-state index < -0.39 is 0 Å². The van der Waals surface area contributed by atoms with E-state index in [0.29, 0.717) is 40.9 Å². The molecule has 2 amide bonds. The van der Waals surface area contributed by atoms with Crippen molar-refractivity contribution in [3.63, 3.8) is 0 Å². The minimum atomic E-state index is -0.147. The number of aromatic nitrogens is 2. The highest BCUT2D eigenvalue weighted by molar-refractivity contribution is 6.35. The maximum atomic E-state index is 12.1. The Morgan fingerprint density at radius 3 is 2.76 bits per heavy atom. The number of nitrogens with one attached hydrogen (secondary N) is 2. The van der Waals surface area contributed by atoms with E-state index in [0.717, 1.165) is 12.8 Å². The van der Waals surface area contributed by atoms with Crippen molar-refractivity contribution in [1.82, 2.24) is 15.1 Å². The first-order valence-electron chi connectivity index (χ1n) is 9.69. The zero-order valence-electron chi connectivity index (χ0n) is 16.0. The Hall–Kier alpha value is -2.25. The molecule has 29 heavy (non-hydrogen) atoms. The fourth-order valence-corrected chi connectivity index (χ4v) is 3.70. The second-order valence-corrected chi connectivity index (χ2v) is 7.89. The highest BCUT2D eigenvalue weighted by Gasteiger charge is 2.17. The van der Waals surface area contributed by atoms with Crippen LogP contribution in [0.15, 0.2) is 30.6 Å². The van der Waals surface area contributed by atoms with E-state index in [9.17, 15) is 9.59 Å². The summed E-state index contributed by atoms with van der Waals surface area (Å²) in [6, 6.07) is 5.28. The van der Waals surface area contributed by atoms with E-state index in [4.69, 9.17) is 27.9 Å². The van der Waals surface area contributed by atoms with Crippen molar-refractivity contribution in [3.05, 3.63) is 40.6 Å². The number of rotatable bonds is 9. The third-order valence-corrected chi connectivity index (χ3v) is 5.17. The predicted molar refractivity (Wildman–Crippen MR) is 112 cm³/mol. The van der Waals surface area contributed by atoms with Crippen molar-refractivity contribution < 1.29 is 14.3 Å². The molecular weight excluding hydrogens is 415 g/mol. The molecule has 1 heterocycles. The molecule has 0 saturated heterocycles. The molecule has 156 valence electrons. The number of amides is 2. The van der Waals surface area contributed by atoms with Gasteiger partial charge in [0.15, 0.2) is 0 Å². The second-order valence-electron chi connectivity index (χ2n) is 7.05. The van der Waals surface area contributed by atoms with Crippen LogP contribution in [0, 0.1) is 0 Å². The van der Waals surface area contributed by atoms with Crippen LogP contribution in [0.4, 0.5) is 5.69 Å². The molecule has 0 aliphatic heterocycles. The van der Waals surface area contributed by atoms with Crippen LogP contribution in [-0.4, -0.2) is 34.2 Å². The molecule has 7 nitrogen and oxygen atoms in total. The van der Waals surface area contributed by atoms with Crippen LogP contribution < -0.4 is 15.4 Å². The van der Waals surface area contributed by atoms with Gasteiger partial charge in [-0.05, 0) is 37.5 Å². The van der Waals surface area contributed by atoms with Gasteiger partial charge in [-0.2, -0.15) is 5.10 Å². The lowest BCUT2D eigenvalue weighted by Gasteiger charge is -2.11. The van der Waals surface area contributed by atoms with Crippen LogP contribution in [-0.2, 0) is 16.1 Å². The largest absolute Gasteiger partial charge is 0.492 e. The summed E-state index contributed by atoms with van der Waals surface area (Å²) in [4.78, 5) is 24.1. The monoisotopic (exact) mass is 438 g/mol. The minimum absolute atomic E-state index is 0.0594. The van der Waals surface area contributed by atoms with Crippen molar-refractivity contribution in [2.45, 2.75) is 51.1 Å². The van der Waals surface area contributed by atoms with E-state index in [1.807, 2.05) is 0 Å². The van der Waals surface area contributed by atoms with Gasteiger partial charge in [0, 0.05) is 23.7 Å². The molecule has 1 saturated carbocycles. The summed E-state index contributed by atoms with van der Waals surface area (Å²) in [5, 5.41) is 10.9. The third kappa shape index (κ3) is 6.94. The van der Waals surface area contributed by atoms with E-state index in [1.165, 1.54) is 23.7 Å². The van der Waals surface area contributed by atoms with Crippen LogP contribution in [0.5, 0.6) is 5.75 Å².